The number of hydrogen-bond acceptors (Lipinski definition) is 4. The SMILES string of the molecule is COCCN(CCO)C(=O)CC(C)(C)N. The van der Waals surface area contributed by atoms with Crippen molar-refractivity contribution in [3.63, 3.8) is 0 Å². The lowest BCUT2D eigenvalue weighted by Crippen LogP contribution is -2.43. The van der Waals surface area contributed by atoms with E-state index in [1.54, 1.807) is 25.9 Å². The second-order valence-electron chi connectivity index (χ2n) is 4.26. The highest BCUT2D eigenvalue weighted by atomic mass is 16.5. The van der Waals surface area contributed by atoms with Crippen LogP contribution in [0.5, 0.6) is 0 Å². The van der Waals surface area contributed by atoms with Crippen molar-refractivity contribution < 1.29 is 14.6 Å². The molecular weight excluding hydrogens is 196 g/mol. The molecule has 0 fully saturated rings. The number of carbonyl (C=O) groups excluding carboxylic acids is 1. The first-order chi connectivity index (χ1) is 6.90. The highest BCUT2D eigenvalue weighted by Gasteiger charge is 2.20. The zero-order valence-corrected chi connectivity index (χ0v) is 9.82. The summed E-state index contributed by atoms with van der Waals surface area (Å²) in [5.41, 5.74) is 5.24. The molecule has 0 aromatic rings. The molecule has 3 N–H and O–H groups in total. The predicted molar refractivity (Wildman–Crippen MR) is 58.4 cm³/mol. The molecule has 1 amide bonds. The summed E-state index contributed by atoms with van der Waals surface area (Å²) in [6, 6.07) is 0. The normalized spacial score (nSPS) is 11.5. The number of carbonyl (C=O) groups is 1. The molecule has 0 heterocycles. The lowest BCUT2D eigenvalue weighted by Gasteiger charge is -2.25. The predicted octanol–water partition coefficient (Wildman–Crippen LogP) is -0.419. The van der Waals surface area contributed by atoms with Crippen molar-refractivity contribution in [1.82, 2.24) is 4.90 Å². The fraction of sp³-hybridized carbons (Fsp3) is 0.900. The first-order valence-electron chi connectivity index (χ1n) is 5.07. The monoisotopic (exact) mass is 218 g/mol. The van der Waals surface area contributed by atoms with Crippen LogP contribution in [0.15, 0.2) is 0 Å². The maximum atomic E-state index is 11.7. The largest absolute Gasteiger partial charge is 0.395 e. The van der Waals surface area contributed by atoms with Gasteiger partial charge in [0.2, 0.25) is 5.91 Å². The van der Waals surface area contributed by atoms with Gasteiger partial charge in [-0.15, -0.1) is 0 Å². The number of amides is 1. The van der Waals surface area contributed by atoms with Gasteiger partial charge in [-0.3, -0.25) is 4.79 Å². The van der Waals surface area contributed by atoms with E-state index in [4.69, 9.17) is 15.6 Å². The van der Waals surface area contributed by atoms with Crippen LogP contribution in [0.4, 0.5) is 0 Å². The summed E-state index contributed by atoms with van der Waals surface area (Å²) >= 11 is 0. The number of methoxy groups -OCH3 is 1. The smallest absolute Gasteiger partial charge is 0.224 e. The third-order valence-electron chi connectivity index (χ3n) is 1.89. The maximum absolute atomic E-state index is 11.7. The molecule has 5 heteroatoms. The van der Waals surface area contributed by atoms with E-state index < -0.39 is 5.54 Å². The lowest BCUT2D eigenvalue weighted by molar-refractivity contribution is -0.133. The second kappa shape index (κ2) is 6.76. The Morgan fingerprint density at radius 3 is 2.47 bits per heavy atom. The molecule has 0 aromatic heterocycles. The quantitative estimate of drug-likeness (QED) is 0.608. The summed E-state index contributed by atoms with van der Waals surface area (Å²) < 4.78 is 4.89. The summed E-state index contributed by atoms with van der Waals surface area (Å²) in [4.78, 5) is 13.3. The van der Waals surface area contributed by atoms with Gasteiger partial charge >= 0.3 is 0 Å². The van der Waals surface area contributed by atoms with Gasteiger partial charge in [-0.2, -0.15) is 0 Å². The van der Waals surface area contributed by atoms with Gasteiger partial charge in [-0.1, -0.05) is 0 Å². The van der Waals surface area contributed by atoms with E-state index in [1.165, 1.54) is 0 Å². The number of aliphatic hydroxyl groups is 1. The van der Waals surface area contributed by atoms with Crippen molar-refractivity contribution in [1.29, 1.82) is 0 Å². The Balaban J connectivity index is 4.15. The summed E-state index contributed by atoms with van der Waals surface area (Å²) in [6.45, 7) is 4.86. The molecular formula is C10H22N2O3. The van der Waals surface area contributed by atoms with Crippen LogP contribution in [-0.2, 0) is 9.53 Å². The topological polar surface area (TPSA) is 75.8 Å². The second-order valence-corrected chi connectivity index (χ2v) is 4.26. The number of ether oxygens (including phenoxy) is 1. The van der Waals surface area contributed by atoms with Crippen LogP contribution in [0.1, 0.15) is 20.3 Å². The van der Waals surface area contributed by atoms with Crippen LogP contribution in [-0.4, -0.2) is 54.9 Å². The van der Waals surface area contributed by atoms with Gasteiger partial charge < -0.3 is 20.5 Å². The maximum Gasteiger partial charge on any atom is 0.224 e. The zero-order chi connectivity index (χ0) is 11.9. The van der Waals surface area contributed by atoms with Crippen molar-refractivity contribution in [3.8, 4) is 0 Å². The highest BCUT2D eigenvalue weighted by Crippen LogP contribution is 2.06. The molecule has 0 saturated carbocycles. The lowest BCUT2D eigenvalue weighted by atomic mass is 10.0. The molecule has 0 aromatic carbocycles. The molecule has 15 heavy (non-hydrogen) atoms. The van der Waals surface area contributed by atoms with Crippen molar-refractivity contribution in [2.45, 2.75) is 25.8 Å². The molecule has 0 unspecified atom stereocenters. The van der Waals surface area contributed by atoms with Gasteiger partial charge in [0.15, 0.2) is 0 Å². The van der Waals surface area contributed by atoms with Gasteiger partial charge in [0.1, 0.15) is 0 Å². The molecule has 0 aliphatic rings. The highest BCUT2D eigenvalue weighted by molar-refractivity contribution is 5.77. The Kier molecular flexibility index (Phi) is 6.47. The van der Waals surface area contributed by atoms with Crippen LogP contribution in [0.25, 0.3) is 0 Å². The summed E-state index contributed by atoms with van der Waals surface area (Å²) in [6.07, 6.45) is 0.275. The molecule has 0 radical (unpaired) electrons. The molecule has 0 atom stereocenters. The van der Waals surface area contributed by atoms with Crippen LogP contribution in [0, 0.1) is 0 Å². The Labute approximate surface area is 91.2 Å². The average molecular weight is 218 g/mol. The van der Waals surface area contributed by atoms with E-state index in [9.17, 15) is 4.79 Å². The van der Waals surface area contributed by atoms with Crippen LogP contribution >= 0.6 is 0 Å². The first-order valence-corrected chi connectivity index (χ1v) is 5.07. The number of rotatable bonds is 7. The Morgan fingerprint density at radius 1 is 1.47 bits per heavy atom. The van der Waals surface area contributed by atoms with Gasteiger partial charge in [0.05, 0.1) is 13.2 Å². The Hall–Kier alpha value is -0.650. The van der Waals surface area contributed by atoms with E-state index in [-0.39, 0.29) is 18.9 Å². The van der Waals surface area contributed by atoms with Gasteiger partial charge in [0.25, 0.3) is 0 Å². The summed E-state index contributed by atoms with van der Waals surface area (Å²) in [7, 11) is 1.58. The van der Waals surface area contributed by atoms with Crippen LogP contribution in [0.2, 0.25) is 0 Å². The van der Waals surface area contributed by atoms with E-state index >= 15 is 0 Å². The van der Waals surface area contributed by atoms with Crippen molar-refractivity contribution in [2.75, 3.05) is 33.4 Å². The van der Waals surface area contributed by atoms with Crippen molar-refractivity contribution in [3.05, 3.63) is 0 Å². The summed E-state index contributed by atoms with van der Waals surface area (Å²) in [5, 5.41) is 8.82. The Bertz CT molecular complexity index is 190. The van der Waals surface area contributed by atoms with E-state index in [0.29, 0.717) is 19.7 Å². The minimum Gasteiger partial charge on any atom is -0.395 e. The van der Waals surface area contributed by atoms with Crippen LogP contribution < -0.4 is 5.73 Å². The average Bonchev–Trinajstić information content (AvgIpc) is 2.09. The molecule has 0 bridgehead atoms. The van der Waals surface area contributed by atoms with E-state index in [1.807, 2.05) is 0 Å². The minimum absolute atomic E-state index is 0.0412. The zero-order valence-electron chi connectivity index (χ0n) is 9.82. The molecule has 0 saturated heterocycles. The number of hydrogen-bond donors (Lipinski definition) is 2. The fourth-order valence-electron chi connectivity index (χ4n) is 1.18. The third kappa shape index (κ3) is 7.30. The molecule has 90 valence electrons. The molecule has 0 rings (SSSR count). The van der Waals surface area contributed by atoms with Crippen LogP contribution in [0.3, 0.4) is 0 Å². The number of nitrogens with zero attached hydrogens (tertiary/aromatic N) is 1. The van der Waals surface area contributed by atoms with Gasteiger partial charge in [-0.25, -0.2) is 0 Å². The standard InChI is InChI=1S/C10H22N2O3/c1-10(2,11)8-9(14)12(4-6-13)5-7-15-3/h13H,4-8,11H2,1-3H3. The van der Waals surface area contributed by atoms with Gasteiger partial charge in [0, 0.05) is 32.2 Å². The fourth-order valence-corrected chi connectivity index (χ4v) is 1.18. The molecule has 0 aliphatic carbocycles. The van der Waals surface area contributed by atoms with Gasteiger partial charge in [-0.05, 0) is 13.8 Å². The molecule has 5 nitrogen and oxygen atoms in total. The van der Waals surface area contributed by atoms with E-state index in [0.717, 1.165) is 0 Å². The first kappa shape index (κ1) is 14.3. The van der Waals surface area contributed by atoms with Crippen molar-refractivity contribution in [2.24, 2.45) is 5.73 Å². The molecule has 0 spiro atoms. The Morgan fingerprint density at radius 2 is 2.07 bits per heavy atom. The molecule has 0 aliphatic heterocycles. The number of aliphatic hydroxyl groups excluding tert-OH is 1. The summed E-state index contributed by atoms with van der Waals surface area (Å²) in [5.74, 6) is -0.0476. The number of nitrogens with two attached hydrogens (primary N) is 1. The van der Waals surface area contributed by atoms with Crippen molar-refractivity contribution >= 4 is 5.91 Å². The third-order valence-corrected chi connectivity index (χ3v) is 1.89. The minimum atomic E-state index is -0.516. The van der Waals surface area contributed by atoms with E-state index in [2.05, 4.69) is 0 Å².